The molecule has 3 rings (SSSR count). The van der Waals surface area contributed by atoms with E-state index >= 15 is 0 Å². The van der Waals surface area contributed by atoms with E-state index in [0.717, 1.165) is 36.8 Å². The van der Waals surface area contributed by atoms with Gasteiger partial charge in [-0.2, -0.15) is 0 Å². The molecule has 2 atom stereocenters. The first-order valence-electron chi connectivity index (χ1n) is 5.86. The van der Waals surface area contributed by atoms with Crippen molar-refractivity contribution in [3.05, 3.63) is 20.8 Å². The second-order valence-corrected chi connectivity index (χ2v) is 6.31. The third-order valence-electron chi connectivity index (χ3n) is 3.60. The van der Waals surface area contributed by atoms with Crippen molar-refractivity contribution in [2.24, 2.45) is 0 Å². The van der Waals surface area contributed by atoms with Gasteiger partial charge in [0.2, 0.25) is 0 Å². The summed E-state index contributed by atoms with van der Waals surface area (Å²) in [6, 6.07) is 2.19. The molecule has 17 heavy (non-hydrogen) atoms. The standard InChI is InChI=1S/C13H14ClNOS/c1-2-10-8-13(4-5-15-10)12-9(3-6-16-13)7-11(14)17-12/h1,7,10,15H,3-6,8H2. The van der Waals surface area contributed by atoms with E-state index in [0.29, 0.717) is 0 Å². The van der Waals surface area contributed by atoms with E-state index in [1.807, 2.05) is 0 Å². The van der Waals surface area contributed by atoms with Crippen LogP contribution in [0.3, 0.4) is 0 Å². The molecule has 1 N–H and O–H groups in total. The Hall–Kier alpha value is -0.530. The van der Waals surface area contributed by atoms with E-state index in [-0.39, 0.29) is 11.6 Å². The highest BCUT2D eigenvalue weighted by atomic mass is 35.5. The molecule has 1 saturated heterocycles. The molecule has 90 valence electrons. The Morgan fingerprint density at radius 3 is 3.35 bits per heavy atom. The van der Waals surface area contributed by atoms with Crippen LogP contribution in [0.4, 0.5) is 0 Å². The van der Waals surface area contributed by atoms with Gasteiger partial charge in [0.05, 0.1) is 17.0 Å². The van der Waals surface area contributed by atoms with Crippen LogP contribution in [0.1, 0.15) is 23.3 Å². The summed E-state index contributed by atoms with van der Waals surface area (Å²) in [6.07, 6.45) is 8.33. The van der Waals surface area contributed by atoms with Crippen LogP contribution in [0.2, 0.25) is 4.34 Å². The van der Waals surface area contributed by atoms with Crippen LogP contribution in [0.25, 0.3) is 0 Å². The molecule has 0 radical (unpaired) electrons. The topological polar surface area (TPSA) is 21.3 Å². The van der Waals surface area contributed by atoms with Crippen molar-refractivity contribution >= 4 is 22.9 Å². The quantitative estimate of drug-likeness (QED) is 0.730. The highest BCUT2D eigenvalue weighted by Gasteiger charge is 2.43. The first-order valence-corrected chi connectivity index (χ1v) is 7.05. The van der Waals surface area contributed by atoms with Crippen LogP contribution in [-0.4, -0.2) is 19.2 Å². The van der Waals surface area contributed by atoms with Gasteiger partial charge in [-0.3, -0.25) is 0 Å². The number of nitrogens with one attached hydrogen (secondary N) is 1. The lowest BCUT2D eigenvalue weighted by Gasteiger charge is -2.42. The highest BCUT2D eigenvalue weighted by Crippen LogP contribution is 2.46. The summed E-state index contributed by atoms with van der Waals surface area (Å²) in [6.45, 7) is 1.68. The third-order valence-corrected chi connectivity index (χ3v) is 5.09. The van der Waals surface area contributed by atoms with E-state index in [4.69, 9.17) is 22.8 Å². The maximum absolute atomic E-state index is 6.13. The molecule has 1 spiro atoms. The van der Waals surface area contributed by atoms with Crippen LogP contribution in [0, 0.1) is 12.3 Å². The lowest BCUT2D eigenvalue weighted by Crippen LogP contribution is -2.48. The number of halogens is 1. The summed E-state index contributed by atoms with van der Waals surface area (Å²) in [4.78, 5) is 1.30. The molecule has 0 aliphatic carbocycles. The Kier molecular flexibility index (Phi) is 2.92. The van der Waals surface area contributed by atoms with Crippen molar-refractivity contribution in [3.63, 3.8) is 0 Å². The normalized spacial score (nSPS) is 32.1. The van der Waals surface area contributed by atoms with E-state index in [1.54, 1.807) is 11.3 Å². The van der Waals surface area contributed by atoms with Gasteiger partial charge in [0.1, 0.15) is 5.60 Å². The fourth-order valence-corrected chi connectivity index (χ4v) is 4.28. The molecule has 0 amide bonds. The monoisotopic (exact) mass is 267 g/mol. The molecular formula is C13H14ClNOS. The van der Waals surface area contributed by atoms with Crippen LogP contribution < -0.4 is 5.32 Å². The number of hydrogen-bond acceptors (Lipinski definition) is 3. The van der Waals surface area contributed by atoms with E-state index < -0.39 is 0 Å². The first-order chi connectivity index (χ1) is 8.23. The Labute approximate surface area is 110 Å². The fraction of sp³-hybridized carbons (Fsp3) is 0.538. The zero-order chi connectivity index (χ0) is 11.9. The second kappa shape index (κ2) is 4.29. The Bertz CT molecular complexity index is 478. The molecule has 0 aromatic carbocycles. The van der Waals surface area contributed by atoms with Gasteiger partial charge in [-0.25, -0.2) is 0 Å². The molecule has 1 fully saturated rings. The molecule has 0 bridgehead atoms. The van der Waals surface area contributed by atoms with E-state index in [2.05, 4.69) is 17.3 Å². The number of rotatable bonds is 0. The summed E-state index contributed by atoms with van der Waals surface area (Å²) in [7, 11) is 0. The van der Waals surface area contributed by atoms with Gasteiger partial charge in [0.25, 0.3) is 0 Å². The predicted molar refractivity (Wildman–Crippen MR) is 70.5 cm³/mol. The average molecular weight is 268 g/mol. The number of piperidine rings is 1. The number of fused-ring (bicyclic) bond motifs is 2. The largest absolute Gasteiger partial charge is 0.369 e. The molecular weight excluding hydrogens is 254 g/mol. The van der Waals surface area contributed by atoms with Crippen LogP contribution in [-0.2, 0) is 16.8 Å². The zero-order valence-corrected chi connectivity index (χ0v) is 11.0. The second-order valence-electron chi connectivity index (χ2n) is 4.63. The maximum atomic E-state index is 6.13. The van der Waals surface area contributed by atoms with Crippen molar-refractivity contribution in [2.75, 3.05) is 13.2 Å². The van der Waals surface area contributed by atoms with Crippen LogP contribution in [0.15, 0.2) is 6.07 Å². The Morgan fingerprint density at radius 2 is 2.53 bits per heavy atom. The first kappa shape index (κ1) is 11.6. The summed E-state index contributed by atoms with van der Waals surface area (Å²) in [5, 5.41) is 3.33. The highest BCUT2D eigenvalue weighted by molar-refractivity contribution is 7.16. The zero-order valence-electron chi connectivity index (χ0n) is 9.46. The van der Waals surface area contributed by atoms with Gasteiger partial charge in [0.15, 0.2) is 0 Å². The number of thiophene rings is 1. The lowest BCUT2D eigenvalue weighted by atomic mass is 9.83. The van der Waals surface area contributed by atoms with E-state index in [1.165, 1.54) is 10.4 Å². The molecule has 4 heteroatoms. The van der Waals surface area contributed by atoms with Crippen molar-refractivity contribution < 1.29 is 4.74 Å². The minimum atomic E-state index is -0.187. The minimum absolute atomic E-state index is 0.107. The van der Waals surface area contributed by atoms with Crippen molar-refractivity contribution in [1.29, 1.82) is 0 Å². The summed E-state index contributed by atoms with van der Waals surface area (Å²) < 4.78 is 6.95. The SMILES string of the molecule is C#CC1CC2(CCN1)OCCc1cc(Cl)sc12. The molecule has 1 aromatic heterocycles. The molecule has 0 saturated carbocycles. The van der Waals surface area contributed by atoms with Crippen molar-refractivity contribution in [3.8, 4) is 12.3 Å². The van der Waals surface area contributed by atoms with Crippen molar-refractivity contribution in [1.82, 2.24) is 5.32 Å². The number of hydrogen-bond donors (Lipinski definition) is 1. The van der Waals surface area contributed by atoms with Crippen LogP contribution in [0.5, 0.6) is 0 Å². The summed E-state index contributed by atoms with van der Waals surface area (Å²) in [5.74, 6) is 2.79. The summed E-state index contributed by atoms with van der Waals surface area (Å²) in [5.41, 5.74) is 1.16. The minimum Gasteiger partial charge on any atom is -0.369 e. The lowest BCUT2D eigenvalue weighted by molar-refractivity contribution is -0.0820. The van der Waals surface area contributed by atoms with Gasteiger partial charge in [-0.15, -0.1) is 17.8 Å². The van der Waals surface area contributed by atoms with Gasteiger partial charge in [-0.05, 0) is 31.0 Å². The summed E-state index contributed by atoms with van der Waals surface area (Å²) >= 11 is 7.78. The Balaban J connectivity index is 2.00. The van der Waals surface area contributed by atoms with Crippen LogP contribution >= 0.6 is 22.9 Å². The van der Waals surface area contributed by atoms with Gasteiger partial charge < -0.3 is 10.1 Å². The smallest absolute Gasteiger partial charge is 0.106 e. The molecule has 3 heterocycles. The number of ether oxygens (including phenoxy) is 1. The number of terminal acetylenes is 1. The molecule has 2 nitrogen and oxygen atoms in total. The predicted octanol–water partition coefficient (Wildman–Crippen LogP) is 2.55. The van der Waals surface area contributed by atoms with Crippen molar-refractivity contribution in [2.45, 2.75) is 30.9 Å². The van der Waals surface area contributed by atoms with Gasteiger partial charge in [-0.1, -0.05) is 17.5 Å². The third kappa shape index (κ3) is 1.90. The fourth-order valence-electron chi connectivity index (χ4n) is 2.80. The maximum Gasteiger partial charge on any atom is 0.106 e. The molecule has 1 aromatic rings. The van der Waals surface area contributed by atoms with Gasteiger partial charge >= 0.3 is 0 Å². The molecule has 2 unspecified atom stereocenters. The average Bonchev–Trinajstić information content (AvgIpc) is 2.72. The molecule has 2 aliphatic rings. The molecule has 2 aliphatic heterocycles. The Morgan fingerprint density at radius 1 is 1.65 bits per heavy atom. The van der Waals surface area contributed by atoms with E-state index in [9.17, 15) is 0 Å². The van der Waals surface area contributed by atoms with Gasteiger partial charge in [0, 0.05) is 11.3 Å².